The number of nitro benzene ring substituents is 1. The van der Waals surface area contributed by atoms with Gasteiger partial charge in [-0.25, -0.2) is 0 Å². The summed E-state index contributed by atoms with van der Waals surface area (Å²) < 4.78 is 0. The number of amidine groups is 1. The third kappa shape index (κ3) is 3.96. The first-order valence-corrected chi connectivity index (χ1v) is 5.56. The molecule has 0 amide bonds. The van der Waals surface area contributed by atoms with Crippen molar-refractivity contribution in [1.82, 2.24) is 0 Å². The van der Waals surface area contributed by atoms with Crippen LogP contribution in [0.25, 0.3) is 0 Å². The molecule has 0 atom stereocenters. The normalized spacial score (nSPS) is 10.5. The van der Waals surface area contributed by atoms with Crippen LogP contribution in [0.15, 0.2) is 59.7 Å². The number of hydrogen-bond donors (Lipinski definition) is 2. The highest BCUT2D eigenvalue weighted by Gasteiger charge is 2.03. The van der Waals surface area contributed by atoms with E-state index in [-0.39, 0.29) is 18.1 Å². The Balaban J connectivity index is 0.00000200. The van der Waals surface area contributed by atoms with Gasteiger partial charge in [0.1, 0.15) is 0 Å². The Morgan fingerprint density at radius 3 is 2.25 bits per heavy atom. The SMILES string of the molecule is Cl.N/C(=N\Nc1ccc([N+](=O)[O-])cc1)c1ccccc1. The van der Waals surface area contributed by atoms with Crippen molar-refractivity contribution >= 4 is 29.6 Å². The van der Waals surface area contributed by atoms with Crippen molar-refractivity contribution in [3.63, 3.8) is 0 Å². The lowest BCUT2D eigenvalue weighted by molar-refractivity contribution is -0.384. The van der Waals surface area contributed by atoms with E-state index in [0.717, 1.165) is 5.56 Å². The lowest BCUT2D eigenvalue weighted by Gasteiger charge is -2.03. The Bertz CT molecular complexity index is 600. The summed E-state index contributed by atoms with van der Waals surface area (Å²) in [6.07, 6.45) is 0. The Morgan fingerprint density at radius 1 is 1.10 bits per heavy atom. The molecule has 0 fully saturated rings. The van der Waals surface area contributed by atoms with Gasteiger partial charge in [-0.2, -0.15) is 5.10 Å². The molecule has 2 rings (SSSR count). The molecule has 0 unspecified atom stereocenters. The van der Waals surface area contributed by atoms with E-state index in [0.29, 0.717) is 11.5 Å². The maximum atomic E-state index is 10.5. The Morgan fingerprint density at radius 2 is 1.70 bits per heavy atom. The maximum Gasteiger partial charge on any atom is 0.269 e. The molecular formula is C13H13ClN4O2. The van der Waals surface area contributed by atoms with Crippen molar-refractivity contribution in [1.29, 1.82) is 0 Å². The third-order valence-corrected chi connectivity index (χ3v) is 2.45. The summed E-state index contributed by atoms with van der Waals surface area (Å²) in [5, 5.41) is 14.5. The second-order valence-electron chi connectivity index (χ2n) is 3.78. The van der Waals surface area contributed by atoms with Crippen LogP contribution in [-0.2, 0) is 0 Å². The summed E-state index contributed by atoms with van der Waals surface area (Å²) in [7, 11) is 0. The van der Waals surface area contributed by atoms with Gasteiger partial charge >= 0.3 is 0 Å². The molecule has 0 spiro atoms. The van der Waals surface area contributed by atoms with E-state index in [1.807, 2.05) is 30.3 Å². The average Bonchev–Trinajstić information content (AvgIpc) is 2.46. The highest BCUT2D eigenvalue weighted by Crippen LogP contribution is 2.15. The van der Waals surface area contributed by atoms with Gasteiger partial charge in [-0.15, -0.1) is 12.4 Å². The van der Waals surface area contributed by atoms with Crippen molar-refractivity contribution in [3.05, 3.63) is 70.3 Å². The number of non-ortho nitro benzene ring substituents is 1. The molecule has 0 aliphatic carbocycles. The zero-order chi connectivity index (χ0) is 13.7. The maximum absolute atomic E-state index is 10.5. The molecular weight excluding hydrogens is 280 g/mol. The summed E-state index contributed by atoms with van der Waals surface area (Å²) in [6.45, 7) is 0. The Labute approximate surface area is 121 Å². The van der Waals surface area contributed by atoms with E-state index in [1.54, 1.807) is 12.1 Å². The van der Waals surface area contributed by atoms with Crippen molar-refractivity contribution in [2.75, 3.05) is 5.43 Å². The summed E-state index contributed by atoms with van der Waals surface area (Å²) >= 11 is 0. The first-order valence-electron chi connectivity index (χ1n) is 5.56. The number of anilines is 1. The number of hydrazone groups is 1. The van der Waals surface area contributed by atoms with Crippen molar-refractivity contribution in [2.45, 2.75) is 0 Å². The highest BCUT2D eigenvalue weighted by molar-refractivity contribution is 5.97. The van der Waals surface area contributed by atoms with Gasteiger partial charge in [0.2, 0.25) is 0 Å². The molecule has 20 heavy (non-hydrogen) atoms. The number of nitrogens with one attached hydrogen (secondary N) is 1. The molecule has 0 aliphatic heterocycles. The number of nitrogens with zero attached hydrogens (tertiary/aromatic N) is 2. The van der Waals surface area contributed by atoms with Crippen molar-refractivity contribution < 1.29 is 4.92 Å². The van der Waals surface area contributed by atoms with Crippen LogP contribution in [0.3, 0.4) is 0 Å². The fraction of sp³-hybridized carbons (Fsp3) is 0. The Hall–Kier alpha value is -2.60. The van der Waals surface area contributed by atoms with E-state index in [1.165, 1.54) is 12.1 Å². The highest BCUT2D eigenvalue weighted by atomic mass is 35.5. The molecule has 104 valence electrons. The quantitative estimate of drug-likeness (QED) is 0.392. The van der Waals surface area contributed by atoms with Gasteiger partial charge in [0.25, 0.3) is 5.69 Å². The molecule has 6 nitrogen and oxygen atoms in total. The van der Waals surface area contributed by atoms with E-state index in [9.17, 15) is 10.1 Å². The summed E-state index contributed by atoms with van der Waals surface area (Å²) in [4.78, 5) is 10.0. The van der Waals surface area contributed by atoms with E-state index < -0.39 is 4.92 Å². The number of nitrogens with two attached hydrogens (primary N) is 1. The first-order chi connectivity index (χ1) is 9.16. The van der Waals surface area contributed by atoms with Crippen LogP contribution in [0, 0.1) is 10.1 Å². The predicted molar refractivity (Wildman–Crippen MR) is 81.1 cm³/mol. The van der Waals surface area contributed by atoms with Crippen molar-refractivity contribution in [3.8, 4) is 0 Å². The number of halogens is 1. The lowest BCUT2D eigenvalue weighted by Crippen LogP contribution is -2.15. The van der Waals surface area contributed by atoms with E-state index in [4.69, 9.17) is 5.73 Å². The van der Waals surface area contributed by atoms with Crippen LogP contribution >= 0.6 is 12.4 Å². The second-order valence-corrected chi connectivity index (χ2v) is 3.78. The van der Waals surface area contributed by atoms with Crippen LogP contribution in [-0.4, -0.2) is 10.8 Å². The van der Waals surface area contributed by atoms with Gasteiger partial charge in [0, 0.05) is 17.7 Å². The minimum Gasteiger partial charge on any atom is -0.382 e. The minimum absolute atomic E-state index is 0. The van der Waals surface area contributed by atoms with Gasteiger partial charge in [0.15, 0.2) is 5.84 Å². The summed E-state index contributed by atoms with van der Waals surface area (Å²) in [5.41, 5.74) is 10.0. The predicted octanol–water partition coefficient (Wildman–Crippen LogP) is 2.75. The van der Waals surface area contributed by atoms with Crippen LogP contribution in [0.5, 0.6) is 0 Å². The molecule has 0 heterocycles. The minimum atomic E-state index is -0.453. The van der Waals surface area contributed by atoms with Gasteiger partial charge in [-0.05, 0) is 12.1 Å². The number of nitro groups is 1. The molecule has 0 bridgehead atoms. The molecule has 0 aromatic heterocycles. The fourth-order valence-corrected chi connectivity index (χ4v) is 1.46. The topological polar surface area (TPSA) is 93.5 Å². The van der Waals surface area contributed by atoms with Gasteiger partial charge in [0.05, 0.1) is 10.6 Å². The molecule has 2 aromatic carbocycles. The van der Waals surface area contributed by atoms with E-state index >= 15 is 0 Å². The average molecular weight is 293 g/mol. The van der Waals surface area contributed by atoms with Crippen LogP contribution in [0.2, 0.25) is 0 Å². The molecule has 0 saturated heterocycles. The third-order valence-electron chi connectivity index (χ3n) is 2.45. The van der Waals surface area contributed by atoms with Crippen molar-refractivity contribution in [2.24, 2.45) is 10.8 Å². The van der Waals surface area contributed by atoms with Crippen LogP contribution in [0.4, 0.5) is 11.4 Å². The molecule has 7 heteroatoms. The lowest BCUT2D eigenvalue weighted by atomic mass is 10.2. The largest absolute Gasteiger partial charge is 0.382 e. The van der Waals surface area contributed by atoms with Gasteiger partial charge < -0.3 is 5.73 Å². The number of hydrogen-bond acceptors (Lipinski definition) is 4. The number of rotatable bonds is 4. The standard InChI is InChI=1S/C13H12N4O2.ClH/c14-13(10-4-2-1-3-5-10)16-15-11-6-8-12(9-7-11)17(18)19;/h1-9,15H,(H2,14,16);1H. The molecule has 0 saturated carbocycles. The fourth-order valence-electron chi connectivity index (χ4n) is 1.46. The molecule has 3 N–H and O–H groups in total. The van der Waals surface area contributed by atoms with E-state index in [2.05, 4.69) is 10.5 Å². The molecule has 0 aliphatic rings. The van der Waals surface area contributed by atoms with Crippen LogP contribution < -0.4 is 11.2 Å². The van der Waals surface area contributed by atoms with Crippen LogP contribution in [0.1, 0.15) is 5.56 Å². The second kappa shape index (κ2) is 7.10. The smallest absolute Gasteiger partial charge is 0.269 e. The summed E-state index contributed by atoms with van der Waals surface area (Å²) in [6, 6.07) is 15.2. The van der Waals surface area contributed by atoms with Gasteiger partial charge in [-0.3, -0.25) is 15.5 Å². The monoisotopic (exact) mass is 292 g/mol. The zero-order valence-corrected chi connectivity index (χ0v) is 11.2. The summed E-state index contributed by atoms with van der Waals surface area (Å²) in [5.74, 6) is 0.346. The zero-order valence-electron chi connectivity index (χ0n) is 10.4. The van der Waals surface area contributed by atoms with Gasteiger partial charge in [-0.1, -0.05) is 30.3 Å². The first kappa shape index (κ1) is 15.5. The Kier molecular flexibility index (Phi) is 5.49. The molecule has 2 aromatic rings. The molecule has 0 radical (unpaired) electrons. The number of benzene rings is 2.